The molecule has 0 radical (unpaired) electrons. The normalized spacial score (nSPS) is 13.6. The Morgan fingerprint density at radius 1 is 1.14 bits per heavy atom. The molecule has 6 nitrogen and oxygen atoms in total. The van der Waals surface area contributed by atoms with Gasteiger partial charge >= 0.3 is 0 Å². The zero-order valence-corrected chi connectivity index (χ0v) is 16.5. The number of nitrogens with zero attached hydrogens (tertiary/aromatic N) is 1. The summed E-state index contributed by atoms with van der Waals surface area (Å²) in [7, 11) is -3.67. The minimum atomic E-state index is -3.67. The number of hydrogen-bond donors (Lipinski definition) is 1. The Morgan fingerprint density at radius 3 is 2.71 bits per heavy atom. The van der Waals surface area contributed by atoms with Crippen LogP contribution in [0.4, 0.5) is 0 Å². The molecule has 0 spiro atoms. The number of sulfonamides is 1. The van der Waals surface area contributed by atoms with Crippen molar-refractivity contribution in [3.05, 3.63) is 70.0 Å². The van der Waals surface area contributed by atoms with Crippen molar-refractivity contribution in [1.82, 2.24) is 9.29 Å². The zero-order valence-electron chi connectivity index (χ0n) is 15.6. The van der Waals surface area contributed by atoms with Crippen LogP contribution < -0.4 is 15.0 Å². The van der Waals surface area contributed by atoms with Gasteiger partial charge in [-0.3, -0.25) is 4.79 Å². The summed E-state index contributed by atoms with van der Waals surface area (Å²) in [5, 5.41) is 0.817. The maximum absolute atomic E-state index is 12.8. The summed E-state index contributed by atoms with van der Waals surface area (Å²) in [6.07, 6.45) is 1.59. The van der Waals surface area contributed by atoms with Gasteiger partial charge in [-0.2, -0.15) is 0 Å². The fourth-order valence-electron chi connectivity index (χ4n) is 3.68. The summed E-state index contributed by atoms with van der Waals surface area (Å²) in [5.74, 6) is 0.699. The topological polar surface area (TPSA) is 77.4 Å². The van der Waals surface area contributed by atoms with Crippen LogP contribution in [0.2, 0.25) is 0 Å². The second kappa shape index (κ2) is 7.41. The molecule has 146 valence electrons. The summed E-state index contributed by atoms with van der Waals surface area (Å²) < 4.78 is 35.5. The molecule has 0 unspecified atom stereocenters. The van der Waals surface area contributed by atoms with Gasteiger partial charge in [-0.25, -0.2) is 13.1 Å². The first-order valence-corrected chi connectivity index (χ1v) is 10.8. The molecule has 1 N–H and O–H groups in total. The van der Waals surface area contributed by atoms with Crippen LogP contribution >= 0.6 is 0 Å². The lowest BCUT2D eigenvalue weighted by atomic mass is 9.99. The van der Waals surface area contributed by atoms with Crippen LogP contribution in [0.25, 0.3) is 10.9 Å². The zero-order chi connectivity index (χ0) is 19.7. The van der Waals surface area contributed by atoms with Gasteiger partial charge < -0.3 is 9.30 Å². The molecule has 0 bridgehead atoms. The van der Waals surface area contributed by atoms with Crippen molar-refractivity contribution in [1.29, 1.82) is 0 Å². The fraction of sp³-hybridized carbons (Fsp3) is 0.286. The van der Waals surface area contributed by atoms with E-state index in [-0.39, 0.29) is 23.6 Å². The second-order valence-corrected chi connectivity index (χ2v) is 8.73. The first-order chi connectivity index (χ1) is 13.5. The Hall–Kier alpha value is -2.64. The first-order valence-electron chi connectivity index (χ1n) is 9.30. The largest absolute Gasteiger partial charge is 0.492 e. The molecule has 0 amide bonds. The van der Waals surface area contributed by atoms with E-state index in [9.17, 15) is 13.2 Å². The van der Waals surface area contributed by atoms with Crippen molar-refractivity contribution >= 4 is 20.9 Å². The summed E-state index contributed by atoms with van der Waals surface area (Å²) in [5.41, 5.74) is 2.54. The van der Waals surface area contributed by atoms with Crippen molar-refractivity contribution in [2.45, 2.75) is 31.2 Å². The van der Waals surface area contributed by atoms with Crippen LogP contribution in [-0.4, -0.2) is 26.1 Å². The Morgan fingerprint density at radius 2 is 1.93 bits per heavy atom. The van der Waals surface area contributed by atoms with Gasteiger partial charge in [0.05, 0.1) is 10.4 Å². The first kappa shape index (κ1) is 18.7. The second-order valence-electron chi connectivity index (χ2n) is 6.96. The maximum Gasteiger partial charge on any atom is 0.251 e. The van der Waals surface area contributed by atoms with Crippen LogP contribution in [0, 0.1) is 6.92 Å². The highest BCUT2D eigenvalue weighted by Crippen LogP contribution is 2.29. The predicted octanol–water partition coefficient (Wildman–Crippen LogP) is 2.61. The summed E-state index contributed by atoms with van der Waals surface area (Å²) in [6.45, 7) is 2.92. The van der Waals surface area contributed by atoms with E-state index in [0.717, 1.165) is 34.9 Å². The van der Waals surface area contributed by atoms with Gasteiger partial charge in [-0.15, -0.1) is 0 Å². The number of pyridine rings is 1. The van der Waals surface area contributed by atoms with E-state index >= 15 is 0 Å². The van der Waals surface area contributed by atoms with E-state index in [2.05, 4.69) is 4.72 Å². The highest BCUT2D eigenvalue weighted by atomic mass is 32.2. The molecule has 1 aliphatic rings. The molecule has 0 saturated heterocycles. The Kier molecular flexibility index (Phi) is 4.95. The molecule has 0 atom stereocenters. The minimum absolute atomic E-state index is 0.0299. The number of para-hydroxylation sites is 1. The van der Waals surface area contributed by atoms with E-state index in [1.165, 1.54) is 0 Å². The molecule has 0 saturated carbocycles. The Balaban J connectivity index is 1.59. The van der Waals surface area contributed by atoms with Gasteiger partial charge in [-0.05, 0) is 55.2 Å². The predicted molar refractivity (Wildman–Crippen MR) is 108 cm³/mol. The number of aromatic nitrogens is 1. The van der Waals surface area contributed by atoms with Crippen LogP contribution in [-0.2, 0) is 23.0 Å². The molecule has 4 rings (SSSR count). The highest BCUT2D eigenvalue weighted by molar-refractivity contribution is 7.89. The molecular weight excluding hydrogens is 376 g/mol. The molecule has 1 aromatic heterocycles. The Labute approximate surface area is 163 Å². The molecule has 3 aromatic rings. The van der Waals surface area contributed by atoms with Crippen molar-refractivity contribution in [3.8, 4) is 5.75 Å². The van der Waals surface area contributed by atoms with Gasteiger partial charge in [0.1, 0.15) is 12.4 Å². The summed E-state index contributed by atoms with van der Waals surface area (Å²) >= 11 is 0. The molecule has 1 aliphatic heterocycles. The Bertz CT molecular complexity index is 1180. The van der Waals surface area contributed by atoms with E-state index < -0.39 is 10.0 Å². The van der Waals surface area contributed by atoms with E-state index in [4.69, 9.17) is 4.74 Å². The molecule has 2 aromatic carbocycles. The molecule has 28 heavy (non-hydrogen) atoms. The lowest BCUT2D eigenvalue weighted by molar-refractivity contribution is 0.323. The highest BCUT2D eigenvalue weighted by Gasteiger charge is 2.21. The number of nitrogens with one attached hydrogen (secondary N) is 1. The summed E-state index contributed by atoms with van der Waals surface area (Å²) in [6, 6.07) is 14.2. The van der Waals surface area contributed by atoms with Gasteiger partial charge in [0.15, 0.2) is 0 Å². The van der Waals surface area contributed by atoms with Crippen LogP contribution in [0.5, 0.6) is 5.75 Å². The lowest BCUT2D eigenvalue weighted by Gasteiger charge is -2.21. The smallest absolute Gasteiger partial charge is 0.251 e. The maximum atomic E-state index is 12.8. The van der Waals surface area contributed by atoms with E-state index in [1.807, 2.05) is 37.3 Å². The van der Waals surface area contributed by atoms with E-state index in [0.29, 0.717) is 12.3 Å². The molecule has 0 aliphatic carbocycles. The van der Waals surface area contributed by atoms with Crippen molar-refractivity contribution < 1.29 is 13.2 Å². The molecule has 0 fully saturated rings. The van der Waals surface area contributed by atoms with Crippen molar-refractivity contribution in [2.75, 3.05) is 13.2 Å². The average Bonchev–Trinajstić information content (AvgIpc) is 2.69. The number of aryl methyl sites for hydroxylation is 3. The average molecular weight is 398 g/mol. The quantitative estimate of drug-likeness (QED) is 0.648. The third kappa shape index (κ3) is 3.55. The molecular formula is C21H22N2O4S. The number of benzene rings is 2. The number of ether oxygens (including phenoxy) is 1. The minimum Gasteiger partial charge on any atom is -0.492 e. The van der Waals surface area contributed by atoms with Crippen molar-refractivity contribution in [3.63, 3.8) is 0 Å². The van der Waals surface area contributed by atoms with Gasteiger partial charge in [0.2, 0.25) is 10.0 Å². The van der Waals surface area contributed by atoms with Gasteiger partial charge in [-0.1, -0.05) is 18.2 Å². The number of hydrogen-bond acceptors (Lipinski definition) is 4. The van der Waals surface area contributed by atoms with E-state index in [1.54, 1.807) is 22.8 Å². The van der Waals surface area contributed by atoms with Crippen LogP contribution in [0.3, 0.4) is 0 Å². The summed E-state index contributed by atoms with van der Waals surface area (Å²) in [4.78, 5) is 12.5. The SMILES string of the molecule is Cc1cc(=O)n2c3c(cc(S(=O)(=O)NCCOc4ccccc4)cc13)CCC2. The van der Waals surface area contributed by atoms with Gasteiger partial charge in [0, 0.05) is 24.5 Å². The molecule has 2 heterocycles. The van der Waals surface area contributed by atoms with Gasteiger partial charge in [0.25, 0.3) is 5.56 Å². The van der Waals surface area contributed by atoms with Crippen LogP contribution in [0.1, 0.15) is 17.5 Å². The third-order valence-corrected chi connectivity index (χ3v) is 6.45. The monoisotopic (exact) mass is 398 g/mol. The standard InChI is InChI=1S/C21H22N2O4S/c1-15-12-20(24)23-10-5-6-16-13-18(14-19(15)21(16)23)28(25,26)22-9-11-27-17-7-3-2-4-8-17/h2-4,7-8,12-14,22H,5-6,9-11H2,1H3. The third-order valence-electron chi connectivity index (χ3n) is 5.01. The number of rotatable bonds is 6. The molecule has 7 heteroatoms. The lowest BCUT2D eigenvalue weighted by Crippen LogP contribution is -2.29. The van der Waals surface area contributed by atoms with Crippen molar-refractivity contribution in [2.24, 2.45) is 0 Å². The fourth-order valence-corrected chi connectivity index (χ4v) is 4.77. The van der Waals surface area contributed by atoms with Crippen LogP contribution in [0.15, 0.2) is 58.2 Å².